The third-order valence-corrected chi connectivity index (χ3v) is 9.50. The van der Waals surface area contributed by atoms with Crippen LogP contribution in [0.4, 0.5) is 16.2 Å². The summed E-state index contributed by atoms with van der Waals surface area (Å²) in [5.41, 5.74) is 2.73. The van der Waals surface area contributed by atoms with E-state index in [1.165, 1.54) is 19.2 Å². The molecule has 13 nitrogen and oxygen atoms in total. The summed E-state index contributed by atoms with van der Waals surface area (Å²) in [6.07, 6.45) is 1.32. The lowest BCUT2D eigenvalue weighted by Gasteiger charge is -2.24. The van der Waals surface area contributed by atoms with E-state index in [9.17, 15) is 27.9 Å². The zero-order chi connectivity index (χ0) is 33.6. The number of nitrogens with one attached hydrogen (secondary N) is 3. The standard InChI is InChI=1S/C33H37N5O8S/c1-21-9-6-7-12-25(21)35-33(42)36-26-15-14-22(17-29(26)45-2)18-30(39)38-16-8-13-28(38)31-34-23(20-46-31)19-27(32(40)41)37-47(43,44)24-10-4-3-5-11-24/h3-7,9-12,14-15,17,23,27-28,37H,8,13,16,18-20H2,1-2H3,(H,40,41)(H2,35,36,42). The van der Waals surface area contributed by atoms with Crippen LogP contribution in [0.1, 0.15) is 30.4 Å². The molecular formula is C33H37N5O8S. The lowest BCUT2D eigenvalue weighted by molar-refractivity contribution is -0.139. The van der Waals surface area contributed by atoms with Crippen molar-refractivity contribution in [1.82, 2.24) is 9.62 Å². The van der Waals surface area contributed by atoms with E-state index in [0.29, 0.717) is 41.6 Å². The summed E-state index contributed by atoms with van der Waals surface area (Å²) < 4.78 is 39.1. The number of likely N-dealkylation sites (tertiary alicyclic amines) is 1. The lowest BCUT2D eigenvalue weighted by atomic mass is 10.1. The van der Waals surface area contributed by atoms with Gasteiger partial charge in [-0.05, 0) is 61.2 Å². The van der Waals surface area contributed by atoms with Crippen LogP contribution in [0.25, 0.3) is 0 Å². The SMILES string of the molecule is COc1cc(CC(=O)N2CCCC2C2=NC(CC(NS(=O)(=O)c3ccccc3)C(=O)O)CO2)ccc1NC(=O)Nc1ccccc1C. The highest BCUT2D eigenvalue weighted by atomic mass is 32.2. The maximum absolute atomic E-state index is 13.5. The summed E-state index contributed by atoms with van der Waals surface area (Å²) in [5, 5.41) is 15.3. The minimum absolute atomic E-state index is 0.0367. The number of urea groups is 1. The molecule has 0 bridgehead atoms. The largest absolute Gasteiger partial charge is 0.495 e. The van der Waals surface area contributed by atoms with Gasteiger partial charge in [-0.3, -0.25) is 9.59 Å². The Morgan fingerprint density at radius 3 is 2.49 bits per heavy atom. The molecule has 1 saturated heterocycles. The number of carbonyl (C=O) groups excluding carboxylic acids is 2. The van der Waals surface area contributed by atoms with Crippen LogP contribution in [0, 0.1) is 6.92 Å². The Morgan fingerprint density at radius 2 is 1.77 bits per heavy atom. The topological polar surface area (TPSA) is 176 Å². The van der Waals surface area contributed by atoms with Gasteiger partial charge in [-0.15, -0.1) is 0 Å². The fraction of sp³-hybridized carbons (Fsp3) is 0.333. The van der Waals surface area contributed by atoms with E-state index in [2.05, 4.69) is 20.3 Å². The Labute approximate surface area is 273 Å². The molecule has 2 aliphatic heterocycles. The number of hydrogen-bond donors (Lipinski definition) is 4. The number of amides is 3. The van der Waals surface area contributed by atoms with Crippen LogP contribution in [0.3, 0.4) is 0 Å². The Hall–Kier alpha value is -4.95. The van der Waals surface area contributed by atoms with E-state index >= 15 is 0 Å². The van der Waals surface area contributed by atoms with Crippen molar-refractivity contribution in [2.75, 3.05) is 30.9 Å². The molecule has 0 aliphatic carbocycles. The van der Waals surface area contributed by atoms with Crippen molar-refractivity contribution in [2.45, 2.75) is 55.6 Å². The molecule has 0 radical (unpaired) electrons. The number of methoxy groups -OCH3 is 1. The molecular weight excluding hydrogens is 626 g/mol. The molecule has 3 aromatic carbocycles. The monoisotopic (exact) mass is 663 g/mol. The van der Waals surface area contributed by atoms with E-state index in [4.69, 9.17) is 9.47 Å². The van der Waals surface area contributed by atoms with Crippen LogP contribution in [-0.2, 0) is 30.8 Å². The second-order valence-corrected chi connectivity index (χ2v) is 13.1. The van der Waals surface area contributed by atoms with Gasteiger partial charge in [0.25, 0.3) is 0 Å². The van der Waals surface area contributed by atoms with Gasteiger partial charge < -0.3 is 30.1 Å². The van der Waals surface area contributed by atoms with Crippen LogP contribution in [0.15, 0.2) is 82.7 Å². The highest BCUT2D eigenvalue weighted by molar-refractivity contribution is 7.89. The van der Waals surface area contributed by atoms with Gasteiger partial charge in [0.05, 0.1) is 30.2 Å². The number of rotatable bonds is 12. The molecule has 2 aliphatic rings. The number of anilines is 2. The lowest BCUT2D eigenvalue weighted by Crippen LogP contribution is -2.42. The maximum atomic E-state index is 13.5. The maximum Gasteiger partial charge on any atom is 0.323 e. The van der Waals surface area contributed by atoms with Gasteiger partial charge in [0.2, 0.25) is 21.8 Å². The first-order valence-electron chi connectivity index (χ1n) is 15.1. The molecule has 0 spiro atoms. The summed E-state index contributed by atoms with van der Waals surface area (Å²) in [4.78, 5) is 44.3. The van der Waals surface area contributed by atoms with Crippen molar-refractivity contribution in [3.63, 3.8) is 0 Å². The number of carbonyl (C=O) groups is 3. The van der Waals surface area contributed by atoms with Crippen LogP contribution in [0.5, 0.6) is 5.75 Å². The minimum atomic E-state index is -4.06. The molecule has 14 heteroatoms. The number of carboxylic acid groups (broad SMARTS) is 1. The van der Waals surface area contributed by atoms with E-state index in [0.717, 1.165) is 12.0 Å². The van der Waals surface area contributed by atoms with Crippen molar-refractivity contribution in [2.24, 2.45) is 4.99 Å². The van der Waals surface area contributed by atoms with E-state index < -0.39 is 40.1 Å². The normalized spacial score (nSPS) is 18.2. The molecule has 0 aromatic heterocycles. The third-order valence-electron chi connectivity index (χ3n) is 8.01. The van der Waals surface area contributed by atoms with Crippen LogP contribution in [0.2, 0.25) is 0 Å². The fourth-order valence-electron chi connectivity index (χ4n) is 5.60. The number of sulfonamides is 1. The number of nitrogens with zero attached hydrogens (tertiary/aromatic N) is 2. The van der Waals surface area contributed by atoms with Gasteiger partial charge >= 0.3 is 12.0 Å². The van der Waals surface area contributed by atoms with Gasteiger partial charge in [0.15, 0.2) is 0 Å². The first-order valence-corrected chi connectivity index (χ1v) is 16.6. The number of carboxylic acids is 1. The molecule has 3 aromatic rings. The number of aliphatic carboxylic acids is 1. The summed E-state index contributed by atoms with van der Waals surface area (Å²) in [6.45, 7) is 2.47. The van der Waals surface area contributed by atoms with Crippen molar-refractivity contribution >= 4 is 45.2 Å². The van der Waals surface area contributed by atoms with E-state index in [-0.39, 0.29) is 30.3 Å². The molecule has 1 fully saturated rings. The molecule has 5 rings (SSSR count). The number of para-hydroxylation sites is 1. The highest BCUT2D eigenvalue weighted by Crippen LogP contribution is 2.28. The van der Waals surface area contributed by atoms with Crippen molar-refractivity contribution in [1.29, 1.82) is 0 Å². The second kappa shape index (κ2) is 14.6. The number of aliphatic imine (C=N–C) groups is 1. The Bertz CT molecular complexity index is 1770. The summed E-state index contributed by atoms with van der Waals surface area (Å²) in [5.74, 6) is -0.737. The third kappa shape index (κ3) is 8.26. The first-order chi connectivity index (χ1) is 22.5. The molecule has 47 heavy (non-hydrogen) atoms. The molecule has 248 valence electrons. The number of aryl methyl sites for hydroxylation is 1. The summed E-state index contributed by atoms with van der Waals surface area (Å²) >= 11 is 0. The predicted molar refractivity (Wildman–Crippen MR) is 175 cm³/mol. The quantitative estimate of drug-likeness (QED) is 0.226. The van der Waals surface area contributed by atoms with Crippen molar-refractivity contribution < 1.29 is 37.4 Å². The Morgan fingerprint density at radius 1 is 1.04 bits per heavy atom. The van der Waals surface area contributed by atoms with Gasteiger partial charge in [0.1, 0.15) is 24.4 Å². The zero-order valence-corrected chi connectivity index (χ0v) is 26.8. The average Bonchev–Trinajstić information content (AvgIpc) is 3.73. The Kier molecular flexibility index (Phi) is 10.4. The first kappa shape index (κ1) is 33.4. The molecule has 3 unspecified atom stereocenters. The number of ether oxygens (including phenoxy) is 2. The van der Waals surface area contributed by atoms with Gasteiger partial charge in [-0.2, -0.15) is 4.72 Å². The van der Waals surface area contributed by atoms with Gasteiger partial charge in [0, 0.05) is 18.7 Å². The second-order valence-electron chi connectivity index (χ2n) is 11.3. The van der Waals surface area contributed by atoms with Crippen molar-refractivity contribution in [3.05, 3.63) is 83.9 Å². The molecule has 3 amide bonds. The fourth-order valence-corrected chi connectivity index (χ4v) is 6.82. The summed E-state index contributed by atoms with van der Waals surface area (Å²) in [6, 6.07) is 17.2. The van der Waals surface area contributed by atoms with Crippen LogP contribution < -0.4 is 20.1 Å². The van der Waals surface area contributed by atoms with E-state index in [1.54, 1.807) is 47.4 Å². The molecule has 3 atom stereocenters. The zero-order valence-electron chi connectivity index (χ0n) is 26.0. The number of benzene rings is 3. The highest BCUT2D eigenvalue weighted by Gasteiger charge is 2.38. The van der Waals surface area contributed by atoms with E-state index in [1.807, 2.05) is 25.1 Å². The summed E-state index contributed by atoms with van der Waals surface area (Å²) in [7, 11) is -2.58. The van der Waals surface area contributed by atoms with Crippen LogP contribution >= 0.6 is 0 Å². The van der Waals surface area contributed by atoms with Gasteiger partial charge in [-0.25, -0.2) is 18.2 Å². The molecule has 2 heterocycles. The molecule has 0 saturated carbocycles. The predicted octanol–water partition coefficient (Wildman–Crippen LogP) is 3.80. The van der Waals surface area contributed by atoms with Crippen molar-refractivity contribution in [3.8, 4) is 5.75 Å². The Balaban J connectivity index is 1.20. The minimum Gasteiger partial charge on any atom is -0.495 e. The number of hydrogen-bond acceptors (Lipinski definition) is 8. The van der Waals surface area contributed by atoms with Crippen LogP contribution in [-0.4, -0.2) is 80.6 Å². The average molecular weight is 664 g/mol. The molecule has 4 N–H and O–H groups in total. The van der Waals surface area contributed by atoms with Gasteiger partial charge in [-0.1, -0.05) is 42.5 Å². The smallest absolute Gasteiger partial charge is 0.323 e.